The molecule has 0 spiro atoms. The van der Waals surface area contributed by atoms with Crippen LogP contribution in [-0.4, -0.2) is 36.5 Å². The fraction of sp³-hybridized carbons (Fsp3) is 0.562. The maximum atomic E-state index is 12.8. The number of rotatable bonds is 4. The van der Waals surface area contributed by atoms with Crippen molar-refractivity contribution in [2.24, 2.45) is 5.92 Å². The van der Waals surface area contributed by atoms with Crippen LogP contribution in [0, 0.1) is 9.49 Å². The molecule has 1 heterocycles. The van der Waals surface area contributed by atoms with Crippen LogP contribution in [0.1, 0.15) is 36.0 Å². The van der Waals surface area contributed by atoms with Gasteiger partial charge >= 0.3 is 0 Å². The van der Waals surface area contributed by atoms with Gasteiger partial charge < -0.3 is 10.2 Å². The molecule has 20 heavy (non-hydrogen) atoms. The summed E-state index contributed by atoms with van der Waals surface area (Å²) in [6, 6.07) is 8.43. The minimum Gasteiger partial charge on any atom is -0.335 e. The smallest absolute Gasteiger partial charge is 0.255 e. The fourth-order valence-electron chi connectivity index (χ4n) is 2.92. The molecule has 1 amide bonds. The molecule has 1 saturated heterocycles. The summed E-state index contributed by atoms with van der Waals surface area (Å²) >= 11 is 2.27. The van der Waals surface area contributed by atoms with E-state index in [9.17, 15) is 4.79 Å². The summed E-state index contributed by atoms with van der Waals surface area (Å²) in [4.78, 5) is 15.0. The van der Waals surface area contributed by atoms with Gasteiger partial charge in [0.25, 0.3) is 5.91 Å². The molecule has 2 fully saturated rings. The quantitative estimate of drug-likeness (QED) is 0.810. The van der Waals surface area contributed by atoms with E-state index in [1.54, 1.807) is 0 Å². The van der Waals surface area contributed by atoms with Crippen molar-refractivity contribution in [1.82, 2.24) is 10.2 Å². The molecule has 0 aromatic heterocycles. The van der Waals surface area contributed by atoms with Gasteiger partial charge in [-0.1, -0.05) is 12.1 Å². The largest absolute Gasteiger partial charge is 0.335 e. The molecule has 108 valence electrons. The third kappa shape index (κ3) is 3.34. The number of hydrogen-bond donors (Lipinski definition) is 1. The van der Waals surface area contributed by atoms with Gasteiger partial charge in [0.15, 0.2) is 0 Å². The van der Waals surface area contributed by atoms with Crippen LogP contribution < -0.4 is 5.32 Å². The lowest BCUT2D eigenvalue weighted by molar-refractivity contribution is 0.0700. The lowest BCUT2D eigenvalue weighted by Crippen LogP contribution is -2.40. The molecule has 0 radical (unpaired) electrons. The Morgan fingerprint density at radius 2 is 1.90 bits per heavy atom. The molecule has 1 aromatic rings. The molecule has 1 aliphatic carbocycles. The van der Waals surface area contributed by atoms with Crippen molar-refractivity contribution in [2.45, 2.75) is 31.7 Å². The topological polar surface area (TPSA) is 32.3 Å². The summed E-state index contributed by atoms with van der Waals surface area (Å²) in [5.41, 5.74) is 0.869. The number of piperidine rings is 1. The molecule has 4 heteroatoms. The molecule has 1 aromatic carbocycles. The van der Waals surface area contributed by atoms with Crippen molar-refractivity contribution in [1.29, 1.82) is 0 Å². The third-order valence-corrected chi connectivity index (χ3v) is 5.21. The predicted molar refractivity (Wildman–Crippen MR) is 88.8 cm³/mol. The highest BCUT2D eigenvalue weighted by molar-refractivity contribution is 14.1. The standard InChI is InChI=1S/C16H21IN2O/c17-15-4-2-1-3-14(15)16(20)19(13-5-6-13)11-12-7-9-18-10-8-12/h1-4,12-13,18H,5-11H2. The number of benzene rings is 1. The van der Waals surface area contributed by atoms with Gasteiger partial charge in [-0.2, -0.15) is 0 Å². The van der Waals surface area contributed by atoms with E-state index in [-0.39, 0.29) is 5.91 Å². The van der Waals surface area contributed by atoms with Crippen LogP contribution in [0.2, 0.25) is 0 Å². The van der Waals surface area contributed by atoms with E-state index in [0.717, 1.165) is 28.8 Å². The van der Waals surface area contributed by atoms with Gasteiger partial charge in [-0.25, -0.2) is 0 Å². The molecule has 1 aliphatic heterocycles. The average Bonchev–Trinajstić information content (AvgIpc) is 3.30. The van der Waals surface area contributed by atoms with Crippen LogP contribution in [-0.2, 0) is 0 Å². The van der Waals surface area contributed by atoms with Crippen LogP contribution in [0.3, 0.4) is 0 Å². The highest BCUT2D eigenvalue weighted by Gasteiger charge is 2.35. The molecule has 0 unspecified atom stereocenters. The Balaban J connectivity index is 1.73. The summed E-state index contributed by atoms with van der Waals surface area (Å²) in [6.07, 6.45) is 4.75. The van der Waals surface area contributed by atoms with Gasteiger partial charge in [-0.05, 0) is 79.4 Å². The molecular formula is C16H21IN2O. The monoisotopic (exact) mass is 384 g/mol. The Kier molecular flexibility index (Phi) is 4.61. The van der Waals surface area contributed by atoms with E-state index in [0.29, 0.717) is 12.0 Å². The highest BCUT2D eigenvalue weighted by Crippen LogP contribution is 2.31. The molecule has 1 saturated carbocycles. The van der Waals surface area contributed by atoms with Gasteiger partial charge in [0.1, 0.15) is 0 Å². The van der Waals surface area contributed by atoms with Gasteiger partial charge in [0.2, 0.25) is 0 Å². The van der Waals surface area contributed by atoms with Crippen LogP contribution >= 0.6 is 22.6 Å². The van der Waals surface area contributed by atoms with Gasteiger partial charge in [-0.15, -0.1) is 0 Å². The second-order valence-electron chi connectivity index (χ2n) is 5.86. The zero-order chi connectivity index (χ0) is 13.9. The first kappa shape index (κ1) is 14.3. The molecule has 0 atom stereocenters. The van der Waals surface area contributed by atoms with E-state index < -0.39 is 0 Å². The number of hydrogen-bond acceptors (Lipinski definition) is 2. The van der Waals surface area contributed by atoms with E-state index >= 15 is 0 Å². The van der Waals surface area contributed by atoms with Gasteiger partial charge in [0.05, 0.1) is 5.56 Å². The zero-order valence-corrected chi connectivity index (χ0v) is 13.8. The van der Waals surface area contributed by atoms with E-state index in [4.69, 9.17) is 0 Å². The van der Waals surface area contributed by atoms with Crippen molar-refractivity contribution in [3.05, 3.63) is 33.4 Å². The first-order chi connectivity index (χ1) is 9.75. The molecule has 1 N–H and O–H groups in total. The summed E-state index contributed by atoms with van der Waals surface area (Å²) in [7, 11) is 0. The van der Waals surface area contributed by atoms with E-state index in [1.165, 1.54) is 25.7 Å². The normalized spacial score (nSPS) is 19.9. The number of nitrogens with zero attached hydrogens (tertiary/aromatic N) is 1. The Hall–Kier alpha value is -0.620. The third-order valence-electron chi connectivity index (χ3n) is 4.27. The maximum Gasteiger partial charge on any atom is 0.255 e. The maximum absolute atomic E-state index is 12.8. The van der Waals surface area contributed by atoms with Crippen molar-refractivity contribution in [2.75, 3.05) is 19.6 Å². The lowest BCUT2D eigenvalue weighted by Gasteiger charge is -2.30. The highest BCUT2D eigenvalue weighted by atomic mass is 127. The number of halogens is 1. The first-order valence-electron chi connectivity index (χ1n) is 7.52. The van der Waals surface area contributed by atoms with Crippen LogP contribution in [0.15, 0.2) is 24.3 Å². The van der Waals surface area contributed by atoms with Crippen molar-refractivity contribution in [3.8, 4) is 0 Å². The van der Waals surface area contributed by atoms with Crippen LogP contribution in [0.4, 0.5) is 0 Å². The van der Waals surface area contributed by atoms with Gasteiger partial charge in [-0.3, -0.25) is 4.79 Å². The molecule has 0 bridgehead atoms. The Morgan fingerprint density at radius 1 is 1.20 bits per heavy atom. The van der Waals surface area contributed by atoms with E-state index in [2.05, 4.69) is 32.8 Å². The summed E-state index contributed by atoms with van der Waals surface area (Å²) in [6.45, 7) is 3.14. The number of amides is 1. The second-order valence-corrected chi connectivity index (χ2v) is 7.02. The Bertz CT molecular complexity index is 481. The van der Waals surface area contributed by atoms with Crippen molar-refractivity contribution >= 4 is 28.5 Å². The molecule has 2 aliphatic rings. The molecule has 3 rings (SSSR count). The van der Waals surface area contributed by atoms with E-state index in [1.807, 2.05) is 24.3 Å². The minimum atomic E-state index is 0.232. The van der Waals surface area contributed by atoms with Crippen molar-refractivity contribution < 1.29 is 4.79 Å². The summed E-state index contributed by atoms with van der Waals surface area (Å²) < 4.78 is 1.06. The molecule has 3 nitrogen and oxygen atoms in total. The van der Waals surface area contributed by atoms with Gasteiger partial charge in [0, 0.05) is 16.2 Å². The fourth-order valence-corrected chi connectivity index (χ4v) is 3.53. The average molecular weight is 384 g/mol. The summed E-state index contributed by atoms with van der Waals surface area (Å²) in [5.74, 6) is 0.901. The predicted octanol–water partition coefficient (Wildman–Crippen LogP) is 2.90. The Labute approximate surface area is 134 Å². The first-order valence-corrected chi connectivity index (χ1v) is 8.60. The number of carbonyl (C=O) groups is 1. The number of nitrogens with one attached hydrogen (secondary N) is 1. The van der Waals surface area contributed by atoms with Crippen LogP contribution in [0.25, 0.3) is 0 Å². The van der Waals surface area contributed by atoms with Crippen molar-refractivity contribution in [3.63, 3.8) is 0 Å². The second kappa shape index (κ2) is 6.43. The minimum absolute atomic E-state index is 0.232. The Morgan fingerprint density at radius 3 is 2.55 bits per heavy atom. The zero-order valence-electron chi connectivity index (χ0n) is 11.6. The lowest BCUT2D eigenvalue weighted by atomic mass is 9.97. The number of carbonyl (C=O) groups excluding carboxylic acids is 1. The van der Waals surface area contributed by atoms with Crippen LogP contribution in [0.5, 0.6) is 0 Å². The SMILES string of the molecule is O=C(c1ccccc1I)N(CC1CCNCC1)C1CC1. The summed E-state index contributed by atoms with van der Waals surface area (Å²) in [5, 5.41) is 3.40. The molecular weight excluding hydrogens is 363 g/mol.